The molecule has 4 heteroatoms. The second kappa shape index (κ2) is 10.7. The number of halogens is 3. The highest BCUT2D eigenvalue weighted by Gasteiger charge is 1.78. The van der Waals surface area contributed by atoms with Crippen LogP contribution in [0.2, 0.25) is 0 Å². The Hall–Kier alpha value is 0.830. The predicted molar refractivity (Wildman–Crippen MR) is 41.6 cm³/mol. The third kappa shape index (κ3) is 9.95. The smallest absolute Gasteiger partial charge is 0.0449 e. The lowest BCUT2D eigenvalue weighted by Crippen LogP contribution is -2.18. The third-order valence-electron chi connectivity index (χ3n) is 0.219. The van der Waals surface area contributed by atoms with Crippen LogP contribution in [0.5, 0.6) is 0 Å². The molecule has 0 rings (SSSR count). The molecule has 0 saturated carbocycles. The van der Waals surface area contributed by atoms with Crippen LogP contribution in [0.25, 0.3) is 0 Å². The van der Waals surface area contributed by atoms with Crippen molar-refractivity contribution < 1.29 is 11.0 Å². The average molecular weight is 187 g/mol. The van der Waals surface area contributed by atoms with Crippen molar-refractivity contribution in [1.82, 2.24) is 5.32 Å². The molecule has 0 aliphatic heterocycles. The van der Waals surface area contributed by atoms with E-state index in [0.29, 0.717) is 0 Å². The summed E-state index contributed by atoms with van der Waals surface area (Å²) >= 11 is 10.1. The fourth-order valence-corrected chi connectivity index (χ4v) is 0.173. The zero-order valence-corrected chi connectivity index (χ0v) is 5.99. The van der Waals surface area contributed by atoms with Crippen LogP contribution in [0.3, 0.4) is 0 Å². The Balaban J connectivity index is 0. The fraction of sp³-hybridized carbons (Fsp3) is 1.00. The molecule has 0 bridgehead atoms. The summed E-state index contributed by atoms with van der Waals surface area (Å²) in [5.41, 5.74) is 0. The second-order valence-electron chi connectivity index (χ2n) is 0.564. The van der Waals surface area contributed by atoms with Crippen molar-refractivity contribution in [2.24, 2.45) is 0 Å². The Morgan fingerprint density at radius 1 is 1.25 bits per heavy atom. The summed E-state index contributed by atoms with van der Waals surface area (Å²) in [4.78, 5) is 0. The van der Waals surface area contributed by atoms with Gasteiger partial charge in [-0.25, -0.2) is 0 Å². The molecule has 0 aromatic heterocycles. The Bertz CT molecular complexity index is 208. The minimum absolute atomic E-state index is 0. The second-order valence-corrected chi connectivity index (χ2v) is 0.942. The number of hydrogen-bond acceptors (Lipinski definition) is 1. The monoisotopic (exact) mass is 185 g/mol. The first-order chi connectivity index (χ1) is 6.21. The van der Waals surface area contributed by atoms with E-state index < -0.39 is 24.7 Å². The molecule has 1 N–H and O–H groups in total. The summed E-state index contributed by atoms with van der Waals surface area (Å²) in [5, 5.41) is 1.47. The van der Waals surface area contributed by atoms with Gasteiger partial charge < -0.3 is 5.32 Å². The van der Waals surface area contributed by atoms with Gasteiger partial charge in [0.05, 0.1) is 0 Å². The van der Waals surface area contributed by atoms with E-state index in [-0.39, 0.29) is 12.4 Å². The standard InChI is InChI=1S/C4H9Cl2N.ClH/c5-1-3-7-4-2-6;/h7H,1-4H2;1H/i1D2,2D2,3D2,4D2;. The SMILES string of the molecule is Cl.[2H]C([2H])(Cl)C([2H])([2H])NC([2H])([2H])C([2H])([2H])Cl. The van der Waals surface area contributed by atoms with Gasteiger partial charge in [0.25, 0.3) is 0 Å². The summed E-state index contributed by atoms with van der Waals surface area (Å²) in [6.45, 7) is -5.94. The average Bonchev–Trinajstić information content (AvgIpc) is 1.77. The molecular formula is C4H10Cl3N. The van der Waals surface area contributed by atoms with Crippen molar-refractivity contribution in [2.45, 2.75) is 0 Å². The van der Waals surface area contributed by atoms with Crippen LogP contribution in [-0.2, 0) is 0 Å². The van der Waals surface area contributed by atoms with Crippen LogP contribution >= 0.6 is 35.6 Å². The minimum atomic E-state index is -2.97. The van der Waals surface area contributed by atoms with E-state index in [0.717, 1.165) is 0 Å². The highest BCUT2D eigenvalue weighted by molar-refractivity contribution is 6.18. The number of hydrogen-bond donors (Lipinski definition) is 1. The molecule has 0 spiro atoms. The molecule has 0 heterocycles. The topological polar surface area (TPSA) is 12.0 Å². The lowest BCUT2D eigenvalue weighted by molar-refractivity contribution is 0.770. The third-order valence-corrected chi connectivity index (χ3v) is 0.408. The molecule has 8 heavy (non-hydrogen) atoms. The lowest BCUT2D eigenvalue weighted by atomic mass is 10.7. The van der Waals surface area contributed by atoms with E-state index in [9.17, 15) is 0 Å². The van der Waals surface area contributed by atoms with Crippen molar-refractivity contribution in [1.29, 1.82) is 0 Å². The molecule has 0 saturated heterocycles. The van der Waals surface area contributed by atoms with Crippen molar-refractivity contribution in [3.8, 4) is 0 Å². The Morgan fingerprint density at radius 2 is 1.62 bits per heavy atom. The number of rotatable bonds is 4. The summed E-state index contributed by atoms with van der Waals surface area (Å²) in [6.07, 6.45) is 0. The van der Waals surface area contributed by atoms with Gasteiger partial charge in [0, 0.05) is 35.6 Å². The first-order valence-corrected chi connectivity index (χ1v) is 2.13. The molecule has 52 valence electrons. The summed E-state index contributed by atoms with van der Waals surface area (Å²) < 4.78 is 55.9. The van der Waals surface area contributed by atoms with Crippen LogP contribution in [0.15, 0.2) is 0 Å². The molecule has 1 nitrogen and oxygen atoms in total. The van der Waals surface area contributed by atoms with E-state index in [2.05, 4.69) is 0 Å². The van der Waals surface area contributed by atoms with Crippen molar-refractivity contribution >= 4 is 35.6 Å². The van der Waals surface area contributed by atoms with Gasteiger partial charge in [-0.05, 0) is 0 Å². The largest absolute Gasteiger partial charge is 0.314 e. The Labute approximate surface area is 77.4 Å². The predicted octanol–water partition coefficient (Wildman–Crippen LogP) is 1.48. The van der Waals surface area contributed by atoms with E-state index in [4.69, 9.17) is 34.2 Å². The Morgan fingerprint density at radius 3 is 1.88 bits per heavy atom. The Kier molecular flexibility index (Phi) is 3.31. The first-order valence-electron chi connectivity index (χ1n) is 5.38. The van der Waals surface area contributed by atoms with Crippen LogP contribution in [0, 0.1) is 0 Å². The zero-order chi connectivity index (χ0) is 12.7. The van der Waals surface area contributed by atoms with E-state index in [1.807, 2.05) is 0 Å². The molecule has 0 unspecified atom stereocenters. The van der Waals surface area contributed by atoms with Crippen molar-refractivity contribution in [2.75, 3.05) is 24.7 Å². The van der Waals surface area contributed by atoms with E-state index in [1.54, 1.807) is 0 Å². The quantitative estimate of drug-likeness (QED) is 0.656. The first kappa shape index (κ1) is 2.46. The van der Waals surface area contributed by atoms with E-state index >= 15 is 0 Å². The van der Waals surface area contributed by atoms with Gasteiger partial charge in [-0.2, -0.15) is 0 Å². The van der Waals surface area contributed by atoms with Gasteiger partial charge in [0.2, 0.25) is 0 Å². The van der Waals surface area contributed by atoms with Crippen LogP contribution in [-0.4, -0.2) is 24.7 Å². The molecule has 0 aliphatic carbocycles. The number of alkyl halides is 2. The van der Waals surface area contributed by atoms with Gasteiger partial charge >= 0.3 is 0 Å². The van der Waals surface area contributed by atoms with Gasteiger partial charge in [-0.15, -0.1) is 35.6 Å². The van der Waals surface area contributed by atoms with E-state index in [1.165, 1.54) is 5.32 Å². The van der Waals surface area contributed by atoms with Gasteiger partial charge in [-0.1, -0.05) is 0 Å². The van der Waals surface area contributed by atoms with Gasteiger partial charge in [0.1, 0.15) is 0 Å². The van der Waals surface area contributed by atoms with Gasteiger partial charge in [0.15, 0.2) is 0 Å². The summed E-state index contributed by atoms with van der Waals surface area (Å²) in [5.74, 6) is -5.80. The molecule has 0 atom stereocenters. The maximum absolute atomic E-state index is 7.10. The van der Waals surface area contributed by atoms with Crippen LogP contribution in [0.4, 0.5) is 0 Å². The molecule has 0 aromatic carbocycles. The van der Waals surface area contributed by atoms with Crippen LogP contribution in [0.1, 0.15) is 11.0 Å². The van der Waals surface area contributed by atoms with Crippen molar-refractivity contribution in [3.63, 3.8) is 0 Å². The highest BCUT2D eigenvalue weighted by atomic mass is 35.5. The maximum Gasteiger partial charge on any atom is 0.0449 e. The van der Waals surface area contributed by atoms with Gasteiger partial charge in [-0.3, -0.25) is 0 Å². The van der Waals surface area contributed by atoms with Crippen LogP contribution < -0.4 is 5.32 Å². The fourth-order valence-electron chi connectivity index (χ4n) is 0.0785. The number of nitrogens with one attached hydrogen (secondary N) is 1. The minimum Gasteiger partial charge on any atom is -0.314 e. The highest BCUT2D eigenvalue weighted by Crippen LogP contribution is 1.71. The molecule has 0 aromatic rings. The molecule has 0 radical (unpaired) electrons. The maximum atomic E-state index is 7.10. The summed E-state index contributed by atoms with van der Waals surface area (Å²) in [6, 6.07) is 0. The normalized spacial score (nSPS) is 30.2. The zero-order valence-electron chi connectivity index (χ0n) is 11.7. The molecule has 0 amide bonds. The molecular weight excluding hydrogens is 168 g/mol. The molecule has 0 fully saturated rings. The van der Waals surface area contributed by atoms with Crippen molar-refractivity contribution in [3.05, 3.63) is 0 Å². The summed E-state index contributed by atoms with van der Waals surface area (Å²) in [7, 11) is 0. The lowest BCUT2D eigenvalue weighted by Gasteiger charge is -1.93. The molecule has 0 aliphatic rings.